The van der Waals surface area contributed by atoms with Crippen molar-refractivity contribution in [2.45, 2.75) is 24.2 Å². The van der Waals surface area contributed by atoms with E-state index in [1.807, 2.05) is 30.1 Å². The molecule has 28 heavy (non-hydrogen) atoms. The van der Waals surface area contributed by atoms with E-state index in [9.17, 15) is 13.2 Å². The van der Waals surface area contributed by atoms with Crippen molar-refractivity contribution in [2.75, 3.05) is 38.5 Å². The highest BCUT2D eigenvalue weighted by atomic mass is 32.2. The molecule has 1 aliphatic heterocycles. The Bertz CT molecular complexity index is 897. The monoisotopic (exact) mass is 402 g/mol. The fourth-order valence-corrected chi connectivity index (χ4v) is 4.75. The Kier molecular flexibility index (Phi) is 6.77. The molecule has 1 aliphatic rings. The van der Waals surface area contributed by atoms with Gasteiger partial charge in [0, 0.05) is 43.6 Å². The number of sulfonamides is 1. The van der Waals surface area contributed by atoms with Crippen LogP contribution in [0.25, 0.3) is 0 Å². The van der Waals surface area contributed by atoms with Gasteiger partial charge in [-0.2, -0.15) is 4.31 Å². The zero-order chi connectivity index (χ0) is 20.0. The molecule has 0 atom stereocenters. The second-order valence-electron chi connectivity index (χ2n) is 7.00. The van der Waals surface area contributed by atoms with Crippen molar-refractivity contribution in [2.24, 2.45) is 0 Å². The molecule has 1 fully saturated rings. The lowest BCUT2D eigenvalue weighted by atomic mass is 10.2. The van der Waals surface area contributed by atoms with Gasteiger partial charge in [-0.3, -0.25) is 14.7 Å². The van der Waals surface area contributed by atoms with Crippen molar-refractivity contribution in [1.82, 2.24) is 14.2 Å². The Labute approximate surface area is 166 Å². The molecule has 7 nitrogen and oxygen atoms in total. The van der Waals surface area contributed by atoms with Crippen LogP contribution in [-0.2, 0) is 21.2 Å². The first-order chi connectivity index (χ1) is 13.4. The topological polar surface area (TPSA) is 82.6 Å². The summed E-state index contributed by atoms with van der Waals surface area (Å²) in [4.78, 5) is 18.7. The number of hydrogen-bond donors (Lipinski definition) is 1. The van der Waals surface area contributed by atoms with Crippen LogP contribution in [0.5, 0.6) is 0 Å². The number of benzene rings is 1. The number of hydrogen-bond acceptors (Lipinski definition) is 5. The molecule has 0 radical (unpaired) electrons. The van der Waals surface area contributed by atoms with Crippen molar-refractivity contribution in [3.63, 3.8) is 0 Å². The van der Waals surface area contributed by atoms with Gasteiger partial charge >= 0.3 is 0 Å². The van der Waals surface area contributed by atoms with Crippen molar-refractivity contribution in [3.05, 3.63) is 54.4 Å². The molecule has 0 saturated carbocycles. The summed E-state index contributed by atoms with van der Waals surface area (Å²) in [7, 11) is -1.62. The highest BCUT2D eigenvalue weighted by Crippen LogP contribution is 2.23. The number of carbonyl (C=O) groups is 1. The molecule has 1 aromatic carbocycles. The highest BCUT2D eigenvalue weighted by molar-refractivity contribution is 7.89. The number of nitrogens with one attached hydrogen (secondary N) is 1. The Morgan fingerprint density at radius 1 is 1.18 bits per heavy atom. The third-order valence-corrected chi connectivity index (χ3v) is 6.60. The Hall–Kier alpha value is -2.29. The van der Waals surface area contributed by atoms with Gasteiger partial charge in [0.15, 0.2) is 0 Å². The smallest absolute Gasteiger partial charge is 0.243 e. The fraction of sp³-hybridized carbons (Fsp3) is 0.400. The van der Waals surface area contributed by atoms with E-state index >= 15 is 0 Å². The largest absolute Gasteiger partial charge is 0.325 e. The summed E-state index contributed by atoms with van der Waals surface area (Å²) in [5.41, 5.74) is 1.47. The average molecular weight is 403 g/mol. The molecule has 3 rings (SSSR count). The third kappa shape index (κ3) is 5.37. The summed E-state index contributed by atoms with van der Waals surface area (Å²) in [6.07, 6.45) is 4.29. The minimum Gasteiger partial charge on any atom is -0.325 e. The number of pyridine rings is 1. The summed E-state index contributed by atoms with van der Waals surface area (Å²) >= 11 is 0. The third-order valence-electron chi connectivity index (χ3n) is 4.71. The summed E-state index contributed by atoms with van der Waals surface area (Å²) in [6, 6.07) is 12.2. The van der Waals surface area contributed by atoms with Crippen LogP contribution < -0.4 is 5.32 Å². The average Bonchev–Trinajstić information content (AvgIpc) is 3.23. The Balaban J connectivity index is 1.55. The van der Waals surface area contributed by atoms with Crippen LogP contribution in [0, 0.1) is 0 Å². The van der Waals surface area contributed by atoms with E-state index in [0.717, 1.165) is 25.0 Å². The maximum Gasteiger partial charge on any atom is 0.243 e. The maximum absolute atomic E-state index is 12.7. The second kappa shape index (κ2) is 9.27. The molecule has 2 aromatic rings. The number of aromatic nitrogens is 1. The lowest BCUT2D eigenvalue weighted by molar-refractivity contribution is -0.117. The van der Waals surface area contributed by atoms with Crippen LogP contribution in [0.15, 0.2) is 53.6 Å². The zero-order valence-corrected chi connectivity index (χ0v) is 16.9. The van der Waals surface area contributed by atoms with Crippen LogP contribution in [0.3, 0.4) is 0 Å². The molecule has 0 bridgehead atoms. The number of carbonyl (C=O) groups excluding carboxylic acids is 1. The minimum absolute atomic E-state index is 0.181. The number of rotatable bonds is 8. The quantitative estimate of drug-likeness (QED) is 0.730. The van der Waals surface area contributed by atoms with E-state index in [1.165, 1.54) is 10.4 Å². The Morgan fingerprint density at radius 2 is 1.96 bits per heavy atom. The lowest BCUT2D eigenvalue weighted by Crippen LogP contribution is -2.32. The fourth-order valence-electron chi connectivity index (χ4n) is 3.19. The zero-order valence-electron chi connectivity index (χ0n) is 16.0. The van der Waals surface area contributed by atoms with E-state index in [1.54, 1.807) is 24.4 Å². The van der Waals surface area contributed by atoms with Gasteiger partial charge < -0.3 is 5.32 Å². The van der Waals surface area contributed by atoms with Gasteiger partial charge in [0.25, 0.3) is 0 Å². The predicted molar refractivity (Wildman–Crippen MR) is 109 cm³/mol. The highest BCUT2D eigenvalue weighted by Gasteiger charge is 2.27. The number of nitrogens with zero attached hydrogens (tertiary/aromatic N) is 3. The van der Waals surface area contributed by atoms with Crippen LogP contribution in [0.4, 0.5) is 5.69 Å². The van der Waals surface area contributed by atoms with Gasteiger partial charge in [-0.05, 0) is 50.2 Å². The molecule has 1 aromatic heterocycles. The number of amides is 1. The molecular formula is C20H26N4O3S. The minimum atomic E-state index is -3.49. The van der Waals surface area contributed by atoms with Crippen LogP contribution >= 0.6 is 0 Å². The SMILES string of the molecule is CN(CCc1ccccn1)CC(=O)Nc1cccc(S(=O)(=O)N2CCCC2)c1. The first kappa shape index (κ1) is 20.4. The van der Waals surface area contributed by atoms with Crippen molar-refractivity contribution in [1.29, 1.82) is 0 Å². The standard InChI is InChI=1S/C20H26N4O3S/c1-23(14-10-17-7-2-3-11-21-17)16-20(25)22-18-8-6-9-19(15-18)28(26,27)24-12-4-5-13-24/h2-3,6-9,11,15H,4-5,10,12-14,16H2,1H3,(H,22,25). The lowest BCUT2D eigenvalue weighted by Gasteiger charge is -2.17. The van der Waals surface area contributed by atoms with Gasteiger partial charge in [-0.15, -0.1) is 0 Å². The first-order valence-electron chi connectivity index (χ1n) is 9.44. The van der Waals surface area contributed by atoms with E-state index < -0.39 is 10.0 Å². The van der Waals surface area contributed by atoms with Crippen LogP contribution in [0.2, 0.25) is 0 Å². The van der Waals surface area contributed by atoms with E-state index in [2.05, 4.69) is 10.3 Å². The second-order valence-corrected chi connectivity index (χ2v) is 8.93. The van der Waals surface area contributed by atoms with Crippen LogP contribution in [-0.4, -0.2) is 61.7 Å². The van der Waals surface area contributed by atoms with Crippen molar-refractivity contribution < 1.29 is 13.2 Å². The molecule has 1 amide bonds. The molecular weight excluding hydrogens is 376 g/mol. The van der Waals surface area contributed by atoms with Gasteiger partial charge in [-0.25, -0.2) is 8.42 Å². The number of likely N-dealkylation sites (N-methyl/N-ethyl adjacent to an activating group) is 1. The molecule has 2 heterocycles. The number of anilines is 1. The van der Waals surface area contributed by atoms with Crippen molar-refractivity contribution >= 4 is 21.6 Å². The molecule has 1 N–H and O–H groups in total. The molecule has 0 spiro atoms. The summed E-state index contributed by atoms with van der Waals surface area (Å²) in [5.74, 6) is -0.181. The van der Waals surface area contributed by atoms with Crippen LogP contribution in [0.1, 0.15) is 18.5 Å². The molecule has 150 valence electrons. The van der Waals surface area contributed by atoms with E-state index in [4.69, 9.17) is 0 Å². The summed E-state index contributed by atoms with van der Waals surface area (Å²) in [5, 5.41) is 2.79. The van der Waals surface area contributed by atoms with E-state index in [0.29, 0.717) is 25.3 Å². The first-order valence-corrected chi connectivity index (χ1v) is 10.9. The van der Waals surface area contributed by atoms with Crippen molar-refractivity contribution in [3.8, 4) is 0 Å². The predicted octanol–water partition coefficient (Wildman–Crippen LogP) is 1.98. The van der Waals surface area contributed by atoms with Gasteiger partial charge in [0.05, 0.1) is 11.4 Å². The maximum atomic E-state index is 12.7. The Morgan fingerprint density at radius 3 is 2.68 bits per heavy atom. The molecule has 0 unspecified atom stereocenters. The molecule has 8 heteroatoms. The van der Waals surface area contributed by atoms with Gasteiger partial charge in [0.1, 0.15) is 0 Å². The summed E-state index contributed by atoms with van der Waals surface area (Å²) in [6.45, 7) is 2.03. The summed E-state index contributed by atoms with van der Waals surface area (Å²) < 4.78 is 26.8. The molecule has 1 saturated heterocycles. The molecule has 0 aliphatic carbocycles. The normalized spacial score (nSPS) is 15.1. The van der Waals surface area contributed by atoms with Gasteiger partial charge in [0.2, 0.25) is 15.9 Å². The van der Waals surface area contributed by atoms with E-state index in [-0.39, 0.29) is 17.3 Å². The van der Waals surface area contributed by atoms with Gasteiger partial charge in [-0.1, -0.05) is 12.1 Å².